The summed E-state index contributed by atoms with van der Waals surface area (Å²) in [6, 6.07) is 0. The Morgan fingerprint density at radius 1 is 1.43 bits per heavy atom. The summed E-state index contributed by atoms with van der Waals surface area (Å²) in [7, 11) is 0. The molecule has 0 atom stereocenters. The van der Waals surface area contributed by atoms with Crippen LogP contribution in [-0.2, 0) is 0 Å². The molecule has 0 saturated heterocycles. The van der Waals surface area contributed by atoms with Crippen LogP contribution in [0.15, 0.2) is 4.52 Å². The van der Waals surface area contributed by atoms with Gasteiger partial charge in [-0.1, -0.05) is 25.9 Å². The maximum Gasteiger partial charge on any atom is 0.239 e. The molecule has 0 unspecified atom stereocenters. The van der Waals surface area contributed by atoms with Gasteiger partial charge in [0.15, 0.2) is 0 Å². The van der Waals surface area contributed by atoms with E-state index in [1.54, 1.807) is 0 Å². The summed E-state index contributed by atoms with van der Waals surface area (Å²) in [5, 5.41) is 3.71. The van der Waals surface area contributed by atoms with Crippen molar-refractivity contribution in [1.29, 1.82) is 0 Å². The largest absolute Gasteiger partial charge is 0.339 e. The Balaban J connectivity index is 2.20. The van der Waals surface area contributed by atoms with Gasteiger partial charge in [0.05, 0.1) is 0 Å². The lowest BCUT2D eigenvalue weighted by Gasteiger charge is -2.12. The third kappa shape index (κ3) is 1.69. The molecule has 1 heterocycles. The first-order valence-corrected chi connectivity index (χ1v) is 4.87. The van der Waals surface area contributed by atoms with Gasteiger partial charge in [-0.2, -0.15) is 4.98 Å². The van der Waals surface area contributed by atoms with E-state index in [-0.39, 0.29) is 11.6 Å². The third-order valence-electron chi connectivity index (χ3n) is 2.25. The van der Waals surface area contributed by atoms with Crippen LogP contribution in [0.3, 0.4) is 0 Å². The second kappa shape index (κ2) is 2.90. The number of carbonyl (C=O) groups is 1. The van der Waals surface area contributed by atoms with Gasteiger partial charge in [-0.05, 0) is 12.8 Å². The zero-order valence-electron chi connectivity index (χ0n) is 8.70. The number of nitrogens with zero attached hydrogens (tertiary/aromatic N) is 2. The predicted molar refractivity (Wildman–Crippen MR) is 50.1 cm³/mol. The van der Waals surface area contributed by atoms with Gasteiger partial charge in [0.2, 0.25) is 17.5 Å². The van der Waals surface area contributed by atoms with Crippen LogP contribution in [-0.4, -0.2) is 15.9 Å². The van der Waals surface area contributed by atoms with Crippen LogP contribution < -0.4 is 0 Å². The van der Waals surface area contributed by atoms with Crippen LogP contribution in [0.2, 0.25) is 0 Å². The number of hydrogen-bond donors (Lipinski definition) is 0. The van der Waals surface area contributed by atoms with Gasteiger partial charge in [-0.25, -0.2) is 0 Å². The maximum absolute atomic E-state index is 11.7. The molecular weight excluding hydrogens is 180 g/mol. The molecule has 4 nitrogen and oxygen atoms in total. The molecule has 76 valence electrons. The minimum absolute atomic E-state index is 0.0619. The van der Waals surface area contributed by atoms with E-state index in [1.165, 1.54) is 0 Å². The molecule has 2 rings (SSSR count). The molecule has 4 heteroatoms. The van der Waals surface area contributed by atoms with Crippen molar-refractivity contribution >= 4 is 5.78 Å². The number of aromatic nitrogens is 2. The van der Waals surface area contributed by atoms with Gasteiger partial charge in [-0.3, -0.25) is 4.79 Å². The van der Waals surface area contributed by atoms with Crippen LogP contribution in [0.4, 0.5) is 0 Å². The summed E-state index contributed by atoms with van der Waals surface area (Å²) in [6.07, 6.45) is 2.21. The Kier molecular flexibility index (Phi) is 1.94. The Morgan fingerprint density at radius 2 is 2.07 bits per heavy atom. The molecule has 0 radical (unpaired) electrons. The summed E-state index contributed by atoms with van der Waals surface area (Å²) in [6.45, 7) is 5.55. The molecule has 14 heavy (non-hydrogen) atoms. The Hall–Kier alpha value is -1.19. The molecule has 1 aliphatic rings. The van der Waals surface area contributed by atoms with E-state index in [9.17, 15) is 4.79 Å². The van der Waals surface area contributed by atoms with Gasteiger partial charge in [0.25, 0.3) is 0 Å². The lowest BCUT2D eigenvalue weighted by atomic mass is 9.90. The molecule has 1 aliphatic carbocycles. The fourth-order valence-corrected chi connectivity index (χ4v) is 1.16. The lowest BCUT2D eigenvalue weighted by Crippen LogP contribution is -2.21. The highest BCUT2D eigenvalue weighted by atomic mass is 16.5. The summed E-state index contributed by atoms with van der Waals surface area (Å²) in [4.78, 5) is 15.8. The molecule has 0 aromatic carbocycles. The summed E-state index contributed by atoms with van der Waals surface area (Å²) >= 11 is 0. The molecule has 0 bridgehead atoms. The summed E-state index contributed by atoms with van der Waals surface area (Å²) < 4.78 is 5.02. The van der Waals surface area contributed by atoms with Crippen LogP contribution in [0.1, 0.15) is 56.0 Å². The van der Waals surface area contributed by atoms with Crippen LogP contribution in [0.5, 0.6) is 0 Å². The number of ketones is 1. The predicted octanol–water partition coefficient (Wildman–Crippen LogP) is 2.18. The van der Waals surface area contributed by atoms with Crippen LogP contribution in [0, 0.1) is 5.41 Å². The van der Waals surface area contributed by atoms with E-state index in [1.807, 2.05) is 20.8 Å². The van der Waals surface area contributed by atoms with E-state index in [0.717, 1.165) is 12.8 Å². The first-order valence-electron chi connectivity index (χ1n) is 4.87. The topological polar surface area (TPSA) is 56.0 Å². The summed E-state index contributed by atoms with van der Waals surface area (Å²) in [5.74, 6) is 1.19. The van der Waals surface area contributed by atoms with E-state index >= 15 is 0 Å². The Bertz CT molecular complexity index is 358. The molecule has 1 aromatic rings. The van der Waals surface area contributed by atoms with Crippen LogP contribution >= 0.6 is 0 Å². The smallest absolute Gasteiger partial charge is 0.239 e. The standard InChI is InChI=1S/C10H14N2O2/c1-10(2,3)7(13)8-11-9(14-12-8)6-4-5-6/h6H,4-5H2,1-3H3. The minimum Gasteiger partial charge on any atom is -0.339 e. The van der Waals surface area contributed by atoms with Crippen molar-refractivity contribution < 1.29 is 9.32 Å². The van der Waals surface area contributed by atoms with Gasteiger partial charge in [0.1, 0.15) is 0 Å². The van der Waals surface area contributed by atoms with E-state index in [4.69, 9.17) is 4.52 Å². The van der Waals surface area contributed by atoms with Gasteiger partial charge in [0, 0.05) is 11.3 Å². The van der Waals surface area contributed by atoms with Crippen molar-refractivity contribution in [2.24, 2.45) is 5.41 Å². The molecule has 0 aliphatic heterocycles. The first kappa shape index (κ1) is 9.37. The van der Waals surface area contributed by atoms with E-state index < -0.39 is 5.41 Å². The highest BCUT2D eigenvalue weighted by Crippen LogP contribution is 2.39. The van der Waals surface area contributed by atoms with E-state index in [2.05, 4.69) is 10.1 Å². The normalized spacial score (nSPS) is 17.1. The van der Waals surface area contributed by atoms with Crippen molar-refractivity contribution in [2.45, 2.75) is 39.5 Å². The van der Waals surface area contributed by atoms with Crippen molar-refractivity contribution in [2.75, 3.05) is 0 Å². The molecule has 1 aromatic heterocycles. The maximum atomic E-state index is 11.7. The number of hydrogen-bond acceptors (Lipinski definition) is 4. The van der Waals surface area contributed by atoms with Crippen molar-refractivity contribution in [3.8, 4) is 0 Å². The number of rotatable bonds is 2. The first-order chi connectivity index (χ1) is 6.48. The second-order valence-corrected chi connectivity index (χ2v) is 4.81. The molecule has 1 fully saturated rings. The van der Waals surface area contributed by atoms with Gasteiger partial charge >= 0.3 is 0 Å². The average Bonchev–Trinajstić information content (AvgIpc) is 2.82. The molecular formula is C10H14N2O2. The molecule has 0 N–H and O–H groups in total. The third-order valence-corrected chi connectivity index (χ3v) is 2.25. The molecule has 0 spiro atoms. The Morgan fingerprint density at radius 3 is 2.57 bits per heavy atom. The number of Topliss-reactive ketones (excluding diaryl/α,β-unsaturated/α-hetero) is 1. The van der Waals surface area contributed by atoms with E-state index in [0.29, 0.717) is 11.8 Å². The lowest BCUT2D eigenvalue weighted by molar-refractivity contribution is 0.0844. The monoisotopic (exact) mass is 194 g/mol. The highest BCUT2D eigenvalue weighted by Gasteiger charge is 2.33. The quantitative estimate of drug-likeness (QED) is 0.677. The fourth-order valence-electron chi connectivity index (χ4n) is 1.16. The molecule has 0 amide bonds. The second-order valence-electron chi connectivity index (χ2n) is 4.81. The van der Waals surface area contributed by atoms with Crippen molar-refractivity contribution in [1.82, 2.24) is 10.1 Å². The zero-order chi connectivity index (χ0) is 10.3. The zero-order valence-corrected chi connectivity index (χ0v) is 8.70. The fraction of sp³-hybridized carbons (Fsp3) is 0.700. The van der Waals surface area contributed by atoms with Crippen molar-refractivity contribution in [3.05, 3.63) is 11.7 Å². The average molecular weight is 194 g/mol. The SMILES string of the molecule is CC(C)(C)C(=O)c1noc(C2CC2)n1. The summed E-state index contributed by atoms with van der Waals surface area (Å²) in [5.41, 5.74) is -0.440. The highest BCUT2D eigenvalue weighted by molar-refractivity contribution is 5.96. The minimum atomic E-state index is -0.440. The van der Waals surface area contributed by atoms with Crippen molar-refractivity contribution in [3.63, 3.8) is 0 Å². The van der Waals surface area contributed by atoms with Crippen LogP contribution in [0.25, 0.3) is 0 Å². The van der Waals surface area contributed by atoms with Gasteiger partial charge < -0.3 is 4.52 Å². The molecule has 1 saturated carbocycles. The number of carbonyl (C=O) groups excluding carboxylic acids is 1. The van der Waals surface area contributed by atoms with Gasteiger partial charge in [-0.15, -0.1) is 0 Å². The Labute approximate surface area is 82.7 Å².